The molecule has 0 amide bonds. The van der Waals surface area contributed by atoms with Crippen molar-refractivity contribution in [2.45, 2.75) is 131 Å². The molecule has 0 aliphatic rings. The highest BCUT2D eigenvalue weighted by atomic mass is 16.3. The molecule has 9 aromatic rings. The highest BCUT2D eigenvalue weighted by molar-refractivity contribution is 5.98. The fraction of sp³-hybridized carbons (Fsp3) is 0.294. The van der Waals surface area contributed by atoms with Gasteiger partial charge in [-0.1, -0.05) is 207 Å². The second-order valence-electron chi connectivity index (χ2n) is 24.7. The van der Waals surface area contributed by atoms with Crippen LogP contribution in [0.25, 0.3) is 83.9 Å². The van der Waals surface area contributed by atoms with Gasteiger partial charge < -0.3 is 5.11 Å². The third-order valence-electron chi connectivity index (χ3n) is 14.0. The summed E-state index contributed by atoms with van der Waals surface area (Å²) in [5.41, 5.74) is 15.6. The number of phenolic OH excluding ortho intramolecular Hbond substituents is 1. The number of rotatable bonds is 7. The van der Waals surface area contributed by atoms with Gasteiger partial charge in [-0.2, -0.15) is 0 Å². The van der Waals surface area contributed by atoms with E-state index in [1.807, 2.05) is 6.07 Å². The van der Waals surface area contributed by atoms with Crippen molar-refractivity contribution >= 4 is 11.0 Å². The summed E-state index contributed by atoms with van der Waals surface area (Å²) in [6, 6.07) is 43.1. The van der Waals surface area contributed by atoms with Gasteiger partial charge in [0.25, 0.3) is 0 Å². The van der Waals surface area contributed by atoms with E-state index < -0.39 is 23.5 Å². The van der Waals surface area contributed by atoms with Crippen LogP contribution in [0.1, 0.15) is 139 Å². The first-order valence-electron chi connectivity index (χ1n) is 27.8. The van der Waals surface area contributed by atoms with E-state index in [0.717, 1.165) is 66.8 Å². The normalized spacial score (nSPS) is 13.7. The number of aromatic hydroxyl groups is 1. The Morgan fingerprint density at radius 1 is 0.431 bits per heavy atom. The van der Waals surface area contributed by atoms with Gasteiger partial charge >= 0.3 is 0 Å². The minimum atomic E-state index is -0.438. The lowest BCUT2D eigenvalue weighted by Gasteiger charge is -2.28. The molecular formula is C68H73N3O. The molecule has 2 heterocycles. The fourth-order valence-electron chi connectivity index (χ4n) is 9.54. The van der Waals surface area contributed by atoms with E-state index in [4.69, 9.17) is 16.8 Å². The molecule has 0 unspecified atom stereocenters. The first kappa shape index (κ1) is 43.7. The van der Waals surface area contributed by atoms with E-state index >= 15 is 0 Å². The third kappa shape index (κ3) is 9.94. The summed E-state index contributed by atoms with van der Waals surface area (Å²) in [4.78, 5) is 10.6. The van der Waals surface area contributed by atoms with E-state index in [1.54, 1.807) is 12.3 Å². The Hall–Kier alpha value is -7.04. The molecule has 4 nitrogen and oxygen atoms in total. The number of hydrogen-bond acceptors (Lipinski definition) is 3. The second-order valence-corrected chi connectivity index (χ2v) is 24.7. The number of hydrogen-bond donors (Lipinski definition) is 1. The fourth-order valence-corrected chi connectivity index (χ4v) is 9.54. The van der Waals surface area contributed by atoms with Gasteiger partial charge in [0.05, 0.1) is 34.8 Å². The second kappa shape index (κ2) is 18.2. The predicted octanol–water partition coefficient (Wildman–Crippen LogP) is 18.6. The van der Waals surface area contributed by atoms with Crippen molar-refractivity contribution in [1.29, 1.82) is 0 Å². The molecule has 366 valence electrons. The maximum Gasteiger partial charge on any atom is 0.149 e. The lowest BCUT2D eigenvalue weighted by atomic mass is 9.79. The molecule has 0 spiro atoms. The Kier molecular flexibility index (Phi) is 11.1. The Labute approximate surface area is 436 Å². The molecule has 1 N–H and O–H groups in total. The van der Waals surface area contributed by atoms with Crippen LogP contribution in [0.15, 0.2) is 164 Å². The molecule has 0 aliphatic heterocycles. The van der Waals surface area contributed by atoms with Gasteiger partial charge in [0, 0.05) is 28.5 Å². The van der Waals surface area contributed by atoms with Crippen LogP contribution < -0.4 is 0 Å². The van der Waals surface area contributed by atoms with Crippen molar-refractivity contribution in [3.05, 3.63) is 192 Å². The average Bonchev–Trinajstić information content (AvgIpc) is 3.82. The lowest BCUT2D eigenvalue weighted by Crippen LogP contribution is -2.17. The molecule has 4 heteroatoms. The lowest BCUT2D eigenvalue weighted by molar-refractivity contribution is 0.446. The molecule has 0 saturated carbocycles. The molecule has 0 radical (unpaired) electrons. The quantitative estimate of drug-likeness (QED) is 0.173. The monoisotopic (exact) mass is 953 g/mol. The minimum Gasteiger partial charge on any atom is -0.507 e. The summed E-state index contributed by atoms with van der Waals surface area (Å²) in [5.74, 6) is 0.804. The zero-order valence-electron chi connectivity index (χ0n) is 50.0. The van der Waals surface area contributed by atoms with E-state index in [2.05, 4.69) is 224 Å². The number of para-hydroxylation sites is 1. The maximum atomic E-state index is 12.8. The van der Waals surface area contributed by atoms with Crippen molar-refractivity contribution in [3.63, 3.8) is 0 Å². The zero-order valence-corrected chi connectivity index (χ0v) is 45.0. The number of phenols is 1. The largest absolute Gasteiger partial charge is 0.507 e. The van der Waals surface area contributed by atoms with Crippen LogP contribution in [0.4, 0.5) is 0 Å². The van der Waals surface area contributed by atoms with Crippen molar-refractivity contribution in [2.75, 3.05) is 0 Å². The Morgan fingerprint density at radius 2 is 0.986 bits per heavy atom. The molecule has 0 fully saturated rings. The van der Waals surface area contributed by atoms with Crippen molar-refractivity contribution < 1.29 is 12.0 Å². The van der Waals surface area contributed by atoms with Crippen LogP contribution in [0, 0.1) is 0 Å². The van der Waals surface area contributed by atoms with Crippen molar-refractivity contribution in [3.8, 4) is 78.6 Å². The molecule has 72 heavy (non-hydrogen) atoms. The molecule has 0 saturated heterocycles. The average molecular weight is 953 g/mol. The first-order chi connectivity index (χ1) is 35.8. The Morgan fingerprint density at radius 3 is 1.58 bits per heavy atom. The zero-order chi connectivity index (χ0) is 56.1. The molecule has 9 rings (SSSR count). The van der Waals surface area contributed by atoms with Crippen LogP contribution in [-0.4, -0.2) is 19.6 Å². The number of aromatic nitrogens is 3. The van der Waals surface area contributed by atoms with E-state index in [1.165, 1.54) is 16.7 Å². The number of pyridine rings is 1. The summed E-state index contributed by atoms with van der Waals surface area (Å²) in [7, 11) is 0. The Bertz CT molecular complexity index is 3730. The molecule has 0 aliphatic carbocycles. The van der Waals surface area contributed by atoms with Gasteiger partial charge in [0.15, 0.2) is 0 Å². The van der Waals surface area contributed by atoms with Gasteiger partial charge in [0.2, 0.25) is 0 Å². The summed E-state index contributed by atoms with van der Waals surface area (Å²) in [5, 5.41) is 12.8. The number of nitrogens with zero attached hydrogens (tertiary/aromatic N) is 3. The molecular weight excluding hydrogens is 875 g/mol. The highest BCUT2D eigenvalue weighted by Crippen LogP contribution is 2.47. The van der Waals surface area contributed by atoms with Crippen LogP contribution in [0.3, 0.4) is 0 Å². The summed E-state index contributed by atoms with van der Waals surface area (Å²) >= 11 is 0. The predicted molar refractivity (Wildman–Crippen MR) is 307 cm³/mol. The van der Waals surface area contributed by atoms with Crippen molar-refractivity contribution in [2.24, 2.45) is 0 Å². The molecule has 2 aromatic heterocycles. The van der Waals surface area contributed by atoms with E-state index in [-0.39, 0.29) is 45.1 Å². The van der Waals surface area contributed by atoms with Gasteiger partial charge in [-0.05, 0) is 137 Å². The maximum absolute atomic E-state index is 12.8. The summed E-state index contributed by atoms with van der Waals surface area (Å²) in [6.07, 6.45) is 1.63. The van der Waals surface area contributed by atoms with Crippen LogP contribution >= 0.6 is 0 Å². The van der Waals surface area contributed by atoms with Gasteiger partial charge in [-0.3, -0.25) is 9.55 Å². The number of imidazole rings is 1. The highest BCUT2D eigenvalue weighted by Gasteiger charge is 2.30. The van der Waals surface area contributed by atoms with Crippen LogP contribution in [0.5, 0.6) is 5.75 Å². The van der Waals surface area contributed by atoms with Gasteiger partial charge in [-0.15, -0.1) is 0 Å². The molecule has 7 aromatic carbocycles. The van der Waals surface area contributed by atoms with Gasteiger partial charge in [0.1, 0.15) is 11.6 Å². The van der Waals surface area contributed by atoms with Crippen LogP contribution in [-0.2, 0) is 27.1 Å². The van der Waals surface area contributed by atoms with E-state index in [9.17, 15) is 5.11 Å². The SMILES string of the molecule is [2H]c1c([2H])c([2H])c(-c2ccnc(-c3cc(-c4ccc(C(C)(C)C)cc4)cc(-c4cccc5c4nc(-c4cc(C(C)(C)C)cc(C(C)(C)C)c4O)n5-c4ccc(C(C)(C)C)cc4-c4ccc(C(C)(C)C)cc4)c3)c2)c([2H])c1[2H]. The molecule has 0 atom stereocenters. The van der Waals surface area contributed by atoms with Gasteiger partial charge in [-0.25, -0.2) is 4.98 Å². The summed E-state index contributed by atoms with van der Waals surface area (Å²) in [6.45, 7) is 33.1. The van der Waals surface area contributed by atoms with Crippen LogP contribution in [0.2, 0.25) is 0 Å². The summed E-state index contributed by atoms with van der Waals surface area (Å²) < 4.78 is 45.1. The number of benzene rings is 7. The number of fused-ring (bicyclic) bond motifs is 1. The standard InChI is InChI=1S/C68H73N3O/c1-64(2,3)50-28-24-44(25-29-50)47-36-48(38-49(37-47)58-39-46(34-35-69-58)43-20-17-16-18-21-43)54-22-19-23-60-61(54)70-63(56-41-53(67(10,11)12)42-57(62(56)72)68(13,14)15)71(60)59-33-32-52(66(7,8)9)40-55(59)45-26-30-51(31-27-45)65(4,5)6/h16-42,72H,1-15H3/i16D,17D,18D,20D,21D. The smallest absolute Gasteiger partial charge is 0.149 e. The first-order valence-corrected chi connectivity index (χ1v) is 25.3. The Balaban J connectivity index is 1.38. The molecule has 0 bridgehead atoms. The minimum absolute atomic E-state index is 0.0324. The third-order valence-corrected chi connectivity index (χ3v) is 14.0. The van der Waals surface area contributed by atoms with E-state index in [0.29, 0.717) is 22.6 Å². The van der Waals surface area contributed by atoms with Crippen molar-refractivity contribution in [1.82, 2.24) is 14.5 Å². The topological polar surface area (TPSA) is 50.9 Å².